The van der Waals surface area contributed by atoms with E-state index >= 15 is 0 Å². The SMILES string of the molecule is Cc1ccc(N)c(C(=O)NCCn2ccc(=O)[nH]c2=O)c1. The van der Waals surface area contributed by atoms with Gasteiger partial charge in [-0.3, -0.25) is 19.1 Å². The summed E-state index contributed by atoms with van der Waals surface area (Å²) in [5.74, 6) is -0.298. The Kier molecular flexibility index (Phi) is 4.22. The number of hydrogen-bond donors (Lipinski definition) is 3. The Morgan fingerprint density at radius 1 is 1.33 bits per heavy atom. The third kappa shape index (κ3) is 3.59. The molecule has 0 saturated heterocycles. The molecule has 1 aromatic carbocycles. The minimum atomic E-state index is -0.508. The predicted octanol–water partition coefficient (Wildman–Crippen LogP) is -0.143. The summed E-state index contributed by atoms with van der Waals surface area (Å²) in [6, 6.07) is 6.46. The number of aromatic nitrogens is 2. The summed E-state index contributed by atoms with van der Waals surface area (Å²) in [5.41, 5.74) is 6.54. The molecular formula is C14H16N4O3. The van der Waals surface area contributed by atoms with Gasteiger partial charge >= 0.3 is 5.69 Å². The minimum Gasteiger partial charge on any atom is -0.398 e. The lowest BCUT2D eigenvalue weighted by Crippen LogP contribution is -2.34. The monoisotopic (exact) mass is 288 g/mol. The van der Waals surface area contributed by atoms with Crippen LogP contribution in [0.15, 0.2) is 40.1 Å². The average Bonchev–Trinajstić information content (AvgIpc) is 2.43. The molecule has 0 saturated carbocycles. The maximum Gasteiger partial charge on any atom is 0.328 e. The molecule has 0 fully saturated rings. The van der Waals surface area contributed by atoms with Crippen molar-refractivity contribution in [1.29, 1.82) is 0 Å². The number of aromatic amines is 1. The summed E-state index contributed by atoms with van der Waals surface area (Å²) in [4.78, 5) is 36.5. The summed E-state index contributed by atoms with van der Waals surface area (Å²) >= 11 is 0. The molecule has 7 nitrogen and oxygen atoms in total. The fraction of sp³-hybridized carbons (Fsp3) is 0.214. The Balaban J connectivity index is 2.00. The van der Waals surface area contributed by atoms with Crippen molar-refractivity contribution in [3.05, 3.63) is 62.4 Å². The summed E-state index contributed by atoms with van der Waals surface area (Å²) in [5, 5.41) is 2.69. The Hall–Kier alpha value is -2.83. The lowest BCUT2D eigenvalue weighted by Gasteiger charge is -2.09. The van der Waals surface area contributed by atoms with Crippen LogP contribution >= 0.6 is 0 Å². The van der Waals surface area contributed by atoms with Gasteiger partial charge in [0.2, 0.25) is 0 Å². The van der Waals surface area contributed by atoms with Crippen molar-refractivity contribution in [2.24, 2.45) is 0 Å². The van der Waals surface area contributed by atoms with Gasteiger partial charge in [0.15, 0.2) is 0 Å². The Morgan fingerprint density at radius 3 is 2.81 bits per heavy atom. The number of carbonyl (C=O) groups is 1. The van der Waals surface area contributed by atoms with Gasteiger partial charge in [0, 0.05) is 31.0 Å². The van der Waals surface area contributed by atoms with Gasteiger partial charge in [-0.2, -0.15) is 0 Å². The zero-order valence-corrected chi connectivity index (χ0v) is 11.6. The molecule has 0 radical (unpaired) electrons. The van der Waals surface area contributed by atoms with Gasteiger partial charge in [-0.1, -0.05) is 11.6 Å². The molecule has 0 atom stereocenters. The molecule has 1 heterocycles. The number of rotatable bonds is 4. The first-order valence-electron chi connectivity index (χ1n) is 6.41. The van der Waals surface area contributed by atoms with Crippen molar-refractivity contribution in [3.63, 3.8) is 0 Å². The molecule has 0 bridgehead atoms. The standard InChI is InChI=1S/C14H16N4O3/c1-9-2-3-11(15)10(8-9)13(20)16-5-7-18-6-4-12(19)17-14(18)21/h2-4,6,8H,5,7,15H2,1H3,(H,16,20)(H,17,19,21). The summed E-state index contributed by atoms with van der Waals surface area (Å²) in [6.07, 6.45) is 1.38. The molecule has 0 aliphatic carbocycles. The summed E-state index contributed by atoms with van der Waals surface area (Å²) in [6.45, 7) is 2.38. The Morgan fingerprint density at radius 2 is 2.10 bits per heavy atom. The van der Waals surface area contributed by atoms with E-state index in [0.717, 1.165) is 5.56 Å². The van der Waals surface area contributed by atoms with Gasteiger partial charge in [0.1, 0.15) is 0 Å². The van der Waals surface area contributed by atoms with Crippen LogP contribution in [0.1, 0.15) is 15.9 Å². The molecular weight excluding hydrogens is 272 g/mol. The van der Waals surface area contributed by atoms with E-state index in [0.29, 0.717) is 11.3 Å². The molecule has 2 aromatic rings. The van der Waals surface area contributed by atoms with Gasteiger partial charge in [-0.05, 0) is 19.1 Å². The molecule has 0 aliphatic rings. The molecule has 0 spiro atoms. The second-order valence-corrected chi connectivity index (χ2v) is 4.65. The highest BCUT2D eigenvalue weighted by molar-refractivity contribution is 5.99. The maximum atomic E-state index is 12.0. The third-order valence-electron chi connectivity index (χ3n) is 2.99. The molecule has 1 aromatic heterocycles. The first-order valence-corrected chi connectivity index (χ1v) is 6.41. The van der Waals surface area contributed by atoms with Crippen molar-refractivity contribution in [3.8, 4) is 0 Å². The van der Waals surface area contributed by atoms with E-state index in [-0.39, 0.29) is 19.0 Å². The lowest BCUT2D eigenvalue weighted by atomic mass is 10.1. The fourth-order valence-electron chi connectivity index (χ4n) is 1.87. The topological polar surface area (TPSA) is 110 Å². The van der Waals surface area contributed by atoms with E-state index in [4.69, 9.17) is 5.73 Å². The normalized spacial score (nSPS) is 10.3. The number of nitrogens with two attached hydrogens (primary N) is 1. The van der Waals surface area contributed by atoms with E-state index in [1.54, 1.807) is 12.1 Å². The molecule has 2 rings (SSSR count). The molecule has 0 aliphatic heterocycles. The quantitative estimate of drug-likeness (QED) is 0.680. The first-order chi connectivity index (χ1) is 9.97. The molecule has 21 heavy (non-hydrogen) atoms. The number of hydrogen-bond acceptors (Lipinski definition) is 4. The van der Waals surface area contributed by atoms with Crippen LogP contribution in [-0.4, -0.2) is 22.0 Å². The highest BCUT2D eigenvalue weighted by Gasteiger charge is 2.09. The van der Waals surface area contributed by atoms with E-state index < -0.39 is 11.2 Å². The predicted molar refractivity (Wildman–Crippen MR) is 79.2 cm³/mol. The van der Waals surface area contributed by atoms with Gasteiger partial charge in [-0.15, -0.1) is 0 Å². The van der Waals surface area contributed by atoms with Crippen molar-refractivity contribution < 1.29 is 4.79 Å². The van der Waals surface area contributed by atoms with E-state index in [9.17, 15) is 14.4 Å². The van der Waals surface area contributed by atoms with Crippen LogP contribution < -0.4 is 22.3 Å². The molecule has 110 valence electrons. The van der Waals surface area contributed by atoms with Crippen LogP contribution in [0.5, 0.6) is 0 Å². The van der Waals surface area contributed by atoms with Crippen LogP contribution in [0.3, 0.4) is 0 Å². The number of benzene rings is 1. The number of nitrogens with zero attached hydrogens (tertiary/aromatic N) is 1. The number of nitrogens with one attached hydrogen (secondary N) is 2. The van der Waals surface area contributed by atoms with Crippen LogP contribution in [0.4, 0.5) is 5.69 Å². The van der Waals surface area contributed by atoms with Gasteiger partial charge in [0.25, 0.3) is 11.5 Å². The summed E-state index contributed by atoms with van der Waals surface area (Å²) < 4.78 is 1.31. The first kappa shape index (κ1) is 14.6. The maximum absolute atomic E-state index is 12.0. The Labute approximate surface area is 120 Å². The third-order valence-corrected chi connectivity index (χ3v) is 2.99. The molecule has 4 N–H and O–H groups in total. The second-order valence-electron chi connectivity index (χ2n) is 4.65. The largest absolute Gasteiger partial charge is 0.398 e. The van der Waals surface area contributed by atoms with Crippen LogP contribution in [-0.2, 0) is 6.54 Å². The summed E-state index contributed by atoms with van der Waals surface area (Å²) in [7, 11) is 0. The molecule has 1 amide bonds. The van der Waals surface area contributed by atoms with E-state index in [1.165, 1.54) is 16.8 Å². The number of anilines is 1. The van der Waals surface area contributed by atoms with Gasteiger partial charge < -0.3 is 11.1 Å². The number of aryl methyl sites for hydroxylation is 1. The number of H-pyrrole nitrogens is 1. The van der Waals surface area contributed by atoms with E-state index in [1.807, 2.05) is 13.0 Å². The van der Waals surface area contributed by atoms with Crippen LogP contribution in [0, 0.1) is 6.92 Å². The van der Waals surface area contributed by atoms with E-state index in [2.05, 4.69) is 10.3 Å². The number of nitrogen functional groups attached to an aromatic ring is 1. The number of amides is 1. The highest BCUT2D eigenvalue weighted by atomic mass is 16.2. The zero-order valence-electron chi connectivity index (χ0n) is 11.6. The van der Waals surface area contributed by atoms with Crippen molar-refractivity contribution in [2.45, 2.75) is 13.5 Å². The van der Waals surface area contributed by atoms with Crippen LogP contribution in [0.2, 0.25) is 0 Å². The fourth-order valence-corrected chi connectivity index (χ4v) is 1.87. The number of carbonyl (C=O) groups excluding carboxylic acids is 1. The molecule has 0 unspecified atom stereocenters. The van der Waals surface area contributed by atoms with Crippen molar-refractivity contribution in [2.75, 3.05) is 12.3 Å². The Bertz CT molecular complexity index is 776. The zero-order chi connectivity index (χ0) is 15.4. The van der Waals surface area contributed by atoms with Gasteiger partial charge in [0.05, 0.1) is 5.56 Å². The van der Waals surface area contributed by atoms with Crippen LogP contribution in [0.25, 0.3) is 0 Å². The highest BCUT2D eigenvalue weighted by Crippen LogP contribution is 2.13. The minimum absolute atomic E-state index is 0.248. The van der Waals surface area contributed by atoms with Gasteiger partial charge in [-0.25, -0.2) is 4.79 Å². The lowest BCUT2D eigenvalue weighted by molar-refractivity contribution is 0.0953. The van der Waals surface area contributed by atoms with Crippen molar-refractivity contribution in [1.82, 2.24) is 14.9 Å². The van der Waals surface area contributed by atoms with Crippen molar-refractivity contribution >= 4 is 11.6 Å². The smallest absolute Gasteiger partial charge is 0.328 e. The average molecular weight is 288 g/mol. The molecule has 7 heteroatoms. The second kappa shape index (κ2) is 6.08.